The summed E-state index contributed by atoms with van der Waals surface area (Å²) < 4.78 is 0. The van der Waals surface area contributed by atoms with Crippen LogP contribution in [-0.2, 0) is 9.59 Å². The lowest BCUT2D eigenvalue weighted by Crippen LogP contribution is -2.44. The van der Waals surface area contributed by atoms with Gasteiger partial charge in [-0.05, 0) is 19.1 Å². The molecule has 19 heavy (non-hydrogen) atoms. The molecule has 0 spiro atoms. The first kappa shape index (κ1) is 14.7. The van der Waals surface area contributed by atoms with E-state index in [0.717, 1.165) is 4.90 Å². The molecule has 6 heteroatoms. The van der Waals surface area contributed by atoms with E-state index < -0.39 is 23.9 Å². The number of aliphatic carboxylic acids is 2. The summed E-state index contributed by atoms with van der Waals surface area (Å²) in [6.45, 7) is 1.21. The molecule has 0 radical (unpaired) electrons. The summed E-state index contributed by atoms with van der Waals surface area (Å²) >= 11 is 0. The standard InChI is InChI=1S/C13H15NO5/c1-9(13(18)19)14(8-7-11(15)16)12(17)10-5-3-2-4-6-10/h2-6,9H,7-8H2,1H3,(H,15,16)(H,18,19). The molecule has 0 bridgehead atoms. The Balaban J connectivity index is 2.92. The zero-order chi connectivity index (χ0) is 14.4. The molecule has 6 nitrogen and oxygen atoms in total. The molecular formula is C13H15NO5. The first-order valence-corrected chi connectivity index (χ1v) is 5.74. The van der Waals surface area contributed by atoms with Gasteiger partial charge in [0.1, 0.15) is 6.04 Å². The Kier molecular flexibility index (Phi) is 5.05. The fraction of sp³-hybridized carbons (Fsp3) is 0.308. The Morgan fingerprint density at radius 3 is 2.21 bits per heavy atom. The van der Waals surface area contributed by atoms with E-state index >= 15 is 0 Å². The largest absolute Gasteiger partial charge is 0.481 e. The van der Waals surface area contributed by atoms with E-state index in [4.69, 9.17) is 10.2 Å². The van der Waals surface area contributed by atoms with Gasteiger partial charge in [-0.2, -0.15) is 0 Å². The van der Waals surface area contributed by atoms with Gasteiger partial charge in [0, 0.05) is 12.1 Å². The van der Waals surface area contributed by atoms with Crippen molar-refractivity contribution in [2.24, 2.45) is 0 Å². The van der Waals surface area contributed by atoms with Crippen molar-refractivity contribution < 1.29 is 24.6 Å². The molecule has 102 valence electrons. The van der Waals surface area contributed by atoms with E-state index in [2.05, 4.69) is 0 Å². The number of carbonyl (C=O) groups is 3. The van der Waals surface area contributed by atoms with Crippen LogP contribution in [0.1, 0.15) is 23.7 Å². The number of hydrogen-bond acceptors (Lipinski definition) is 3. The monoisotopic (exact) mass is 265 g/mol. The minimum Gasteiger partial charge on any atom is -0.481 e. The molecule has 0 aliphatic heterocycles. The SMILES string of the molecule is CC(C(=O)O)N(CCC(=O)O)C(=O)c1ccccc1. The molecule has 0 aliphatic rings. The molecule has 0 saturated heterocycles. The molecule has 0 aromatic heterocycles. The Bertz CT molecular complexity index is 471. The quantitative estimate of drug-likeness (QED) is 0.802. The van der Waals surface area contributed by atoms with Crippen molar-refractivity contribution in [1.29, 1.82) is 0 Å². The van der Waals surface area contributed by atoms with Gasteiger partial charge >= 0.3 is 11.9 Å². The third-order valence-electron chi connectivity index (χ3n) is 2.67. The van der Waals surface area contributed by atoms with Crippen LogP contribution in [0.2, 0.25) is 0 Å². The third kappa shape index (κ3) is 4.09. The second-order valence-electron chi connectivity index (χ2n) is 4.02. The number of benzene rings is 1. The number of carbonyl (C=O) groups excluding carboxylic acids is 1. The molecule has 0 aliphatic carbocycles. The van der Waals surface area contributed by atoms with Gasteiger partial charge in [0.25, 0.3) is 5.91 Å². The van der Waals surface area contributed by atoms with Crippen LogP contribution < -0.4 is 0 Å². The maximum absolute atomic E-state index is 12.2. The van der Waals surface area contributed by atoms with E-state index in [1.807, 2.05) is 0 Å². The van der Waals surface area contributed by atoms with E-state index in [1.165, 1.54) is 6.92 Å². The van der Waals surface area contributed by atoms with Gasteiger partial charge in [0.05, 0.1) is 6.42 Å². The van der Waals surface area contributed by atoms with Crippen LogP contribution in [0.15, 0.2) is 30.3 Å². The van der Waals surface area contributed by atoms with Gasteiger partial charge in [-0.3, -0.25) is 9.59 Å². The zero-order valence-corrected chi connectivity index (χ0v) is 10.4. The lowest BCUT2D eigenvalue weighted by molar-refractivity contribution is -0.143. The Labute approximate surface area is 110 Å². The zero-order valence-electron chi connectivity index (χ0n) is 10.4. The first-order valence-electron chi connectivity index (χ1n) is 5.74. The number of carboxylic acids is 2. The highest BCUT2D eigenvalue weighted by atomic mass is 16.4. The minimum atomic E-state index is -1.17. The van der Waals surface area contributed by atoms with Crippen molar-refractivity contribution in [3.05, 3.63) is 35.9 Å². The van der Waals surface area contributed by atoms with Crippen molar-refractivity contribution in [3.8, 4) is 0 Å². The van der Waals surface area contributed by atoms with Crippen molar-refractivity contribution in [3.63, 3.8) is 0 Å². The molecule has 1 aromatic rings. The predicted octanol–water partition coefficient (Wildman–Crippen LogP) is 1.08. The summed E-state index contributed by atoms with van der Waals surface area (Å²) in [7, 11) is 0. The number of rotatable bonds is 6. The van der Waals surface area contributed by atoms with Gasteiger partial charge < -0.3 is 15.1 Å². The fourth-order valence-electron chi connectivity index (χ4n) is 1.57. The van der Waals surface area contributed by atoms with Crippen molar-refractivity contribution in [2.45, 2.75) is 19.4 Å². The summed E-state index contributed by atoms with van der Waals surface area (Å²) in [4.78, 5) is 34.8. The molecule has 0 fully saturated rings. The normalized spacial score (nSPS) is 11.6. The molecule has 0 saturated carbocycles. The highest BCUT2D eigenvalue weighted by Gasteiger charge is 2.26. The third-order valence-corrected chi connectivity index (χ3v) is 2.67. The molecule has 1 rings (SSSR count). The average Bonchev–Trinajstić information content (AvgIpc) is 2.39. The second kappa shape index (κ2) is 6.53. The Hall–Kier alpha value is -2.37. The maximum atomic E-state index is 12.2. The Morgan fingerprint density at radius 2 is 1.74 bits per heavy atom. The lowest BCUT2D eigenvalue weighted by Gasteiger charge is -2.26. The topological polar surface area (TPSA) is 94.9 Å². The predicted molar refractivity (Wildman–Crippen MR) is 66.8 cm³/mol. The van der Waals surface area contributed by atoms with E-state index in [1.54, 1.807) is 30.3 Å². The number of carboxylic acid groups (broad SMARTS) is 2. The smallest absolute Gasteiger partial charge is 0.326 e. The van der Waals surface area contributed by atoms with Crippen molar-refractivity contribution in [2.75, 3.05) is 6.54 Å². The van der Waals surface area contributed by atoms with Crippen LogP contribution in [0.4, 0.5) is 0 Å². The van der Waals surface area contributed by atoms with Crippen LogP contribution >= 0.6 is 0 Å². The van der Waals surface area contributed by atoms with Crippen LogP contribution in [0.5, 0.6) is 0 Å². The summed E-state index contributed by atoms with van der Waals surface area (Å²) in [6, 6.07) is 7.10. The van der Waals surface area contributed by atoms with Crippen LogP contribution in [0.3, 0.4) is 0 Å². The van der Waals surface area contributed by atoms with E-state index in [0.29, 0.717) is 5.56 Å². The van der Waals surface area contributed by atoms with E-state index in [9.17, 15) is 14.4 Å². The van der Waals surface area contributed by atoms with Crippen molar-refractivity contribution >= 4 is 17.8 Å². The fourth-order valence-corrected chi connectivity index (χ4v) is 1.57. The number of hydrogen-bond donors (Lipinski definition) is 2. The molecule has 0 heterocycles. The minimum absolute atomic E-state index is 0.142. The Morgan fingerprint density at radius 1 is 1.16 bits per heavy atom. The number of amides is 1. The van der Waals surface area contributed by atoms with Crippen LogP contribution in [0.25, 0.3) is 0 Å². The average molecular weight is 265 g/mol. The summed E-state index contributed by atoms with van der Waals surface area (Å²) in [5.41, 5.74) is 0.334. The van der Waals surface area contributed by atoms with Gasteiger partial charge in [0.2, 0.25) is 0 Å². The first-order chi connectivity index (χ1) is 8.93. The summed E-state index contributed by atoms with van der Waals surface area (Å²) in [6.07, 6.45) is -0.295. The highest BCUT2D eigenvalue weighted by molar-refractivity contribution is 5.96. The maximum Gasteiger partial charge on any atom is 0.326 e. The van der Waals surface area contributed by atoms with Gasteiger partial charge in [0.15, 0.2) is 0 Å². The molecule has 1 atom stereocenters. The van der Waals surface area contributed by atoms with E-state index in [-0.39, 0.29) is 13.0 Å². The highest BCUT2D eigenvalue weighted by Crippen LogP contribution is 2.09. The molecule has 1 aromatic carbocycles. The molecule has 1 amide bonds. The van der Waals surface area contributed by atoms with Crippen LogP contribution in [-0.4, -0.2) is 45.5 Å². The lowest BCUT2D eigenvalue weighted by atomic mass is 10.1. The van der Waals surface area contributed by atoms with Crippen molar-refractivity contribution in [1.82, 2.24) is 4.90 Å². The molecule has 1 unspecified atom stereocenters. The van der Waals surface area contributed by atoms with Crippen LogP contribution in [0, 0.1) is 0 Å². The van der Waals surface area contributed by atoms with Gasteiger partial charge in [-0.1, -0.05) is 18.2 Å². The molecular weight excluding hydrogens is 250 g/mol. The summed E-state index contributed by atoms with van der Waals surface area (Å²) in [5.74, 6) is -2.74. The molecule has 2 N–H and O–H groups in total. The second-order valence-corrected chi connectivity index (χ2v) is 4.02. The van der Waals surface area contributed by atoms with Gasteiger partial charge in [-0.25, -0.2) is 4.79 Å². The number of nitrogens with zero attached hydrogens (tertiary/aromatic N) is 1. The summed E-state index contributed by atoms with van der Waals surface area (Å²) in [5, 5.41) is 17.6. The van der Waals surface area contributed by atoms with Gasteiger partial charge in [-0.15, -0.1) is 0 Å².